The summed E-state index contributed by atoms with van der Waals surface area (Å²) >= 11 is 0. The number of amides is 1. The summed E-state index contributed by atoms with van der Waals surface area (Å²) in [4.78, 5) is 17.8. The number of carbonyl (C=O) groups is 1. The Morgan fingerprint density at radius 3 is 3.00 bits per heavy atom. The van der Waals surface area contributed by atoms with Crippen molar-refractivity contribution in [1.82, 2.24) is 25.0 Å². The van der Waals surface area contributed by atoms with Gasteiger partial charge in [0.15, 0.2) is 0 Å². The molecule has 2 unspecified atom stereocenters. The van der Waals surface area contributed by atoms with Gasteiger partial charge in [0.2, 0.25) is 5.91 Å². The Balaban J connectivity index is 1.95. The second kappa shape index (κ2) is 5.48. The molecule has 2 atom stereocenters. The van der Waals surface area contributed by atoms with Crippen LogP contribution in [-0.4, -0.2) is 52.3 Å². The third kappa shape index (κ3) is 2.87. The van der Waals surface area contributed by atoms with Crippen molar-refractivity contribution in [3.63, 3.8) is 0 Å². The van der Waals surface area contributed by atoms with Crippen molar-refractivity contribution < 1.29 is 4.79 Å². The number of aromatic nitrogens is 3. The van der Waals surface area contributed by atoms with E-state index in [1.165, 1.54) is 0 Å². The molecule has 1 aromatic rings. The van der Waals surface area contributed by atoms with E-state index in [1.807, 2.05) is 11.7 Å². The zero-order chi connectivity index (χ0) is 13.1. The van der Waals surface area contributed by atoms with E-state index < -0.39 is 0 Å². The SMILES string of the molecule is CN(C)C(=O)C1CC(Cc2ncnn2C)CCN1. The average Bonchev–Trinajstić information content (AvgIpc) is 2.74. The van der Waals surface area contributed by atoms with Gasteiger partial charge >= 0.3 is 0 Å². The highest BCUT2D eigenvalue weighted by Gasteiger charge is 2.28. The van der Waals surface area contributed by atoms with Gasteiger partial charge in [0.25, 0.3) is 0 Å². The number of likely N-dealkylation sites (N-methyl/N-ethyl adjacent to an activating group) is 1. The van der Waals surface area contributed by atoms with Crippen LogP contribution in [0.1, 0.15) is 18.7 Å². The van der Waals surface area contributed by atoms with Crippen molar-refractivity contribution in [3.8, 4) is 0 Å². The highest BCUT2D eigenvalue weighted by atomic mass is 16.2. The molecule has 0 saturated carbocycles. The first-order valence-electron chi connectivity index (χ1n) is 6.35. The van der Waals surface area contributed by atoms with Gasteiger partial charge in [0, 0.05) is 27.6 Å². The molecule has 1 amide bonds. The van der Waals surface area contributed by atoms with Crippen LogP contribution < -0.4 is 5.32 Å². The minimum atomic E-state index is -0.0491. The first-order valence-corrected chi connectivity index (χ1v) is 6.35. The largest absolute Gasteiger partial charge is 0.347 e. The molecule has 6 heteroatoms. The zero-order valence-electron chi connectivity index (χ0n) is 11.3. The molecule has 1 aliphatic heterocycles. The number of hydrogen-bond acceptors (Lipinski definition) is 4. The number of carbonyl (C=O) groups excluding carboxylic acids is 1. The van der Waals surface area contributed by atoms with Gasteiger partial charge in [-0.2, -0.15) is 5.10 Å². The molecule has 0 radical (unpaired) electrons. The highest BCUT2D eigenvalue weighted by molar-refractivity contribution is 5.81. The molecular weight excluding hydrogens is 230 g/mol. The molecule has 1 fully saturated rings. The molecule has 1 aliphatic rings. The maximum absolute atomic E-state index is 11.9. The van der Waals surface area contributed by atoms with Crippen LogP contribution in [0.15, 0.2) is 6.33 Å². The standard InChI is InChI=1S/C12H21N5O/c1-16(2)12(18)10-6-9(4-5-13-10)7-11-14-8-15-17(11)3/h8-10,13H,4-7H2,1-3H3. The summed E-state index contributed by atoms with van der Waals surface area (Å²) in [5, 5.41) is 7.37. The molecule has 0 spiro atoms. The predicted molar refractivity (Wildman–Crippen MR) is 67.9 cm³/mol. The fourth-order valence-corrected chi connectivity index (χ4v) is 2.44. The van der Waals surface area contributed by atoms with Crippen LogP contribution in [-0.2, 0) is 18.3 Å². The summed E-state index contributed by atoms with van der Waals surface area (Å²) in [6, 6.07) is -0.0491. The maximum atomic E-state index is 11.9. The lowest BCUT2D eigenvalue weighted by Crippen LogP contribution is -2.48. The lowest BCUT2D eigenvalue weighted by atomic mass is 9.89. The number of nitrogens with one attached hydrogen (secondary N) is 1. The van der Waals surface area contributed by atoms with Crippen molar-refractivity contribution in [2.75, 3.05) is 20.6 Å². The predicted octanol–water partition coefficient (Wildman–Crippen LogP) is -0.186. The van der Waals surface area contributed by atoms with Crippen molar-refractivity contribution in [2.24, 2.45) is 13.0 Å². The quantitative estimate of drug-likeness (QED) is 0.809. The molecule has 1 aromatic heterocycles. The van der Waals surface area contributed by atoms with Gasteiger partial charge in [-0.15, -0.1) is 0 Å². The molecule has 100 valence electrons. The molecule has 0 bridgehead atoms. The molecule has 1 N–H and O–H groups in total. The summed E-state index contributed by atoms with van der Waals surface area (Å²) in [6.07, 6.45) is 4.45. The lowest BCUT2D eigenvalue weighted by molar-refractivity contribution is -0.131. The van der Waals surface area contributed by atoms with E-state index in [9.17, 15) is 4.79 Å². The van der Waals surface area contributed by atoms with E-state index in [0.717, 1.165) is 31.6 Å². The Morgan fingerprint density at radius 2 is 2.39 bits per heavy atom. The third-order valence-electron chi connectivity index (χ3n) is 3.53. The summed E-state index contributed by atoms with van der Waals surface area (Å²) in [6.45, 7) is 0.896. The number of rotatable bonds is 3. The van der Waals surface area contributed by atoms with Crippen LogP contribution in [0.25, 0.3) is 0 Å². The minimum absolute atomic E-state index is 0.0491. The Kier molecular flexibility index (Phi) is 3.96. The van der Waals surface area contributed by atoms with E-state index in [2.05, 4.69) is 15.4 Å². The molecule has 0 aliphatic carbocycles. The first kappa shape index (κ1) is 13.0. The molecule has 18 heavy (non-hydrogen) atoms. The van der Waals surface area contributed by atoms with Crippen LogP contribution >= 0.6 is 0 Å². The second-order valence-electron chi connectivity index (χ2n) is 5.13. The summed E-state index contributed by atoms with van der Waals surface area (Å²) < 4.78 is 1.81. The third-order valence-corrected chi connectivity index (χ3v) is 3.53. The zero-order valence-corrected chi connectivity index (χ0v) is 11.3. The number of nitrogens with zero attached hydrogens (tertiary/aromatic N) is 4. The van der Waals surface area contributed by atoms with Crippen LogP contribution in [0.2, 0.25) is 0 Å². The summed E-state index contributed by atoms with van der Waals surface area (Å²) in [5.74, 6) is 1.67. The van der Waals surface area contributed by atoms with Crippen LogP contribution in [0.4, 0.5) is 0 Å². The van der Waals surface area contributed by atoms with Crippen LogP contribution in [0.3, 0.4) is 0 Å². The highest BCUT2D eigenvalue weighted by Crippen LogP contribution is 2.20. The Hall–Kier alpha value is -1.43. The monoisotopic (exact) mass is 251 g/mol. The Morgan fingerprint density at radius 1 is 1.61 bits per heavy atom. The van der Waals surface area contributed by atoms with Crippen molar-refractivity contribution in [1.29, 1.82) is 0 Å². The molecule has 6 nitrogen and oxygen atoms in total. The molecular formula is C12H21N5O. The van der Waals surface area contributed by atoms with Gasteiger partial charge in [-0.05, 0) is 25.3 Å². The smallest absolute Gasteiger partial charge is 0.239 e. The Labute approximate surface area is 107 Å². The maximum Gasteiger partial charge on any atom is 0.239 e. The molecule has 0 aromatic carbocycles. The van der Waals surface area contributed by atoms with Gasteiger partial charge in [0.1, 0.15) is 12.2 Å². The van der Waals surface area contributed by atoms with Gasteiger partial charge in [-0.1, -0.05) is 0 Å². The number of aryl methyl sites for hydroxylation is 1. The van der Waals surface area contributed by atoms with E-state index in [1.54, 1.807) is 25.3 Å². The van der Waals surface area contributed by atoms with Crippen LogP contribution in [0, 0.1) is 5.92 Å². The number of piperidine rings is 1. The Bertz CT molecular complexity index is 414. The van der Waals surface area contributed by atoms with Crippen molar-refractivity contribution in [2.45, 2.75) is 25.3 Å². The van der Waals surface area contributed by atoms with Gasteiger partial charge in [-0.3, -0.25) is 9.48 Å². The average molecular weight is 251 g/mol. The fraction of sp³-hybridized carbons (Fsp3) is 0.750. The molecule has 2 rings (SSSR count). The van der Waals surface area contributed by atoms with Crippen LogP contribution in [0.5, 0.6) is 0 Å². The minimum Gasteiger partial charge on any atom is -0.347 e. The second-order valence-corrected chi connectivity index (χ2v) is 5.13. The van der Waals surface area contributed by atoms with Gasteiger partial charge in [0.05, 0.1) is 6.04 Å². The lowest BCUT2D eigenvalue weighted by Gasteiger charge is -2.30. The van der Waals surface area contributed by atoms with Gasteiger partial charge < -0.3 is 10.2 Å². The normalized spacial score (nSPS) is 23.9. The van der Waals surface area contributed by atoms with Gasteiger partial charge in [-0.25, -0.2) is 4.98 Å². The summed E-state index contributed by atoms with van der Waals surface area (Å²) in [7, 11) is 5.51. The van der Waals surface area contributed by atoms with Crippen molar-refractivity contribution in [3.05, 3.63) is 12.2 Å². The molecule has 2 heterocycles. The molecule has 1 saturated heterocycles. The topological polar surface area (TPSA) is 63.1 Å². The van der Waals surface area contributed by atoms with E-state index in [0.29, 0.717) is 5.92 Å². The van der Waals surface area contributed by atoms with E-state index in [-0.39, 0.29) is 11.9 Å². The fourth-order valence-electron chi connectivity index (χ4n) is 2.44. The summed E-state index contributed by atoms with van der Waals surface area (Å²) in [5.41, 5.74) is 0. The van der Waals surface area contributed by atoms with Crippen molar-refractivity contribution >= 4 is 5.91 Å². The number of hydrogen-bond donors (Lipinski definition) is 1. The van der Waals surface area contributed by atoms with E-state index >= 15 is 0 Å². The van der Waals surface area contributed by atoms with E-state index in [4.69, 9.17) is 0 Å². The first-order chi connectivity index (χ1) is 8.58.